The molecular weight excluding hydrogens is 130 g/mol. The van der Waals surface area contributed by atoms with E-state index in [1.807, 2.05) is 0 Å². The molecule has 1 saturated heterocycles. The minimum Gasteiger partial charge on any atom is -0.354 e. The van der Waals surface area contributed by atoms with Gasteiger partial charge in [-0.15, -0.1) is 0 Å². The first-order valence-electron chi connectivity index (χ1n) is 3.53. The van der Waals surface area contributed by atoms with Gasteiger partial charge in [-0.1, -0.05) is 0 Å². The number of quaternary nitrogens is 1. The van der Waals surface area contributed by atoms with Crippen molar-refractivity contribution in [3.8, 4) is 0 Å². The molecule has 1 rings (SSSR count). The SMILES string of the molecule is CNC(=O)N1CCC([NH3+])C1. The second-order valence-electron chi connectivity index (χ2n) is 2.66. The molecule has 1 aliphatic heterocycles. The molecule has 10 heavy (non-hydrogen) atoms. The fraction of sp³-hybridized carbons (Fsp3) is 0.833. The van der Waals surface area contributed by atoms with Crippen molar-refractivity contribution in [2.24, 2.45) is 0 Å². The molecule has 4 heteroatoms. The maximum atomic E-state index is 10.9. The van der Waals surface area contributed by atoms with E-state index in [1.165, 1.54) is 0 Å². The van der Waals surface area contributed by atoms with Gasteiger partial charge >= 0.3 is 6.03 Å². The van der Waals surface area contributed by atoms with Crippen molar-refractivity contribution in [1.82, 2.24) is 10.2 Å². The monoisotopic (exact) mass is 144 g/mol. The fourth-order valence-electron chi connectivity index (χ4n) is 1.18. The highest BCUT2D eigenvalue weighted by atomic mass is 16.2. The van der Waals surface area contributed by atoms with E-state index in [-0.39, 0.29) is 6.03 Å². The van der Waals surface area contributed by atoms with E-state index in [1.54, 1.807) is 11.9 Å². The summed E-state index contributed by atoms with van der Waals surface area (Å²) in [6, 6.07) is 0.448. The molecule has 2 amide bonds. The third kappa shape index (κ3) is 1.39. The summed E-state index contributed by atoms with van der Waals surface area (Å²) in [4.78, 5) is 12.7. The number of carbonyl (C=O) groups excluding carboxylic acids is 1. The zero-order valence-electron chi connectivity index (χ0n) is 6.26. The number of nitrogens with zero attached hydrogens (tertiary/aromatic N) is 1. The second kappa shape index (κ2) is 2.88. The molecule has 1 heterocycles. The van der Waals surface area contributed by atoms with Gasteiger partial charge in [-0.3, -0.25) is 0 Å². The van der Waals surface area contributed by atoms with Crippen LogP contribution < -0.4 is 11.1 Å². The molecule has 0 spiro atoms. The van der Waals surface area contributed by atoms with Gasteiger partial charge < -0.3 is 16.0 Å². The Bertz CT molecular complexity index is 137. The molecule has 1 unspecified atom stereocenters. The minimum absolute atomic E-state index is 0.0196. The van der Waals surface area contributed by atoms with Gasteiger partial charge in [0.1, 0.15) is 6.04 Å². The van der Waals surface area contributed by atoms with E-state index in [0.717, 1.165) is 19.5 Å². The van der Waals surface area contributed by atoms with Crippen LogP contribution in [0.1, 0.15) is 6.42 Å². The molecule has 0 bridgehead atoms. The first-order chi connectivity index (χ1) is 4.74. The Labute approximate surface area is 60.4 Å². The number of hydrogen-bond acceptors (Lipinski definition) is 1. The van der Waals surface area contributed by atoms with Crippen LogP contribution in [0.25, 0.3) is 0 Å². The molecule has 1 atom stereocenters. The number of nitrogens with one attached hydrogen (secondary N) is 1. The summed E-state index contributed by atoms with van der Waals surface area (Å²) in [5.74, 6) is 0. The average Bonchev–Trinajstić information content (AvgIpc) is 2.34. The summed E-state index contributed by atoms with van der Waals surface area (Å²) in [5, 5.41) is 2.59. The van der Waals surface area contributed by atoms with Gasteiger partial charge in [0.15, 0.2) is 0 Å². The van der Waals surface area contributed by atoms with Crippen LogP contribution in [0.15, 0.2) is 0 Å². The summed E-state index contributed by atoms with van der Waals surface area (Å²) < 4.78 is 0. The zero-order valence-corrected chi connectivity index (χ0v) is 6.26. The maximum Gasteiger partial charge on any atom is 0.317 e. The summed E-state index contributed by atoms with van der Waals surface area (Å²) in [7, 11) is 1.65. The van der Waals surface area contributed by atoms with Crippen molar-refractivity contribution in [3.63, 3.8) is 0 Å². The zero-order chi connectivity index (χ0) is 7.56. The molecule has 0 radical (unpaired) electrons. The fourth-order valence-corrected chi connectivity index (χ4v) is 1.18. The topological polar surface area (TPSA) is 60.0 Å². The third-order valence-electron chi connectivity index (χ3n) is 1.79. The van der Waals surface area contributed by atoms with Crippen LogP contribution in [0, 0.1) is 0 Å². The summed E-state index contributed by atoms with van der Waals surface area (Å²) in [5.41, 5.74) is 3.88. The highest BCUT2D eigenvalue weighted by Gasteiger charge is 2.24. The molecule has 58 valence electrons. The molecule has 0 aliphatic carbocycles. The first kappa shape index (κ1) is 7.34. The Kier molecular flexibility index (Phi) is 2.11. The second-order valence-corrected chi connectivity index (χ2v) is 2.66. The molecule has 0 aromatic rings. The van der Waals surface area contributed by atoms with Crippen LogP contribution in [0.2, 0.25) is 0 Å². The Morgan fingerprint density at radius 3 is 2.90 bits per heavy atom. The van der Waals surface area contributed by atoms with E-state index >= 15 is 0 Å². The third-order valence-corrected chi connectivity index (χ3v) is 1.79. The van der Waals surface area contributed by atoms with Gasteiger partial charge in [-0.2, -0.15) is 0 Å². The number of amides is 2. The maximum absolute atomic E-state index is 10.9. The van der Waals surface area contributed by atoms with Crippen LogP contribution >= 0.6 is 0 Å². The largest absolute Gasteiger partial charge is 0.354 e. The molecule has 0 aromatic carbocycles. The van der Waals surface area contributed by atoms with Crippen LogP contribution in [0.4, 0.5) is 4.79 Å². The molecule has 4 nitrogen and oxygen atoms in total. The predicted molar refractivity (Wildman–Crippen MR) is 37.3 cm³/mol. The molecule has 0 saturated carbocycles. The lowest BCUT2D eigenvalue weighted by Crippen LogP contribution is -2.62. The van der Waals surface area contributed by atoms with Gasteiger partial charge in [0, 0.05) is 20.0 Å². The quantitative estimate of drug-likeness (QED) is 0.433. The van der Waals surface area contributed by atoms with Gasteiger partial charge in [0.25, 0.3) is 0 Å². The predicted octanol–water partition coefficient (Wildman–Crippen LogP) is -1.36. The van der Waals surface area contributed by atoms with Gasteiger partial charge in [-0.05, 0) is 0 Å². The normalized spacial score (nSPS) is 25.0. The van der Waals surface area contributed by atoms with Crippen molar-refractivity contribution in [1.29, 1.82) is 0 Å². The van der Waals surface area contributed by atoms with Crippen LogP contribution in [0.5, 0.6) is 0 Å². The standard InChI is InChI=1S/C6H13N3O/c1-8-6(10)9-3-2-5(7)4-9/h5H,2-4,7H2,1H3,(H,8,10)/p+1. The Morgan fingerprint density at radius 2 is 2.50 bits per heavy atom. The molecule has 4 N–H and O–H groups in total. The van der Waals surface area contributed by atoms with E-state index in [2.05, 4.69) is 11.1 Å². The summed E-state index contributed by atoms with van der Waals surface area (Å²) in [6.45, 7) is 1.66. The smallest absolute Gasteiger partial charge is 0.317 e. The molecular formula is C6H14N3O+. The number of likely N-dealkylation sites (tertiary alicyclic amines) is 1. The summed E-state index contributed by atoms with van der Waals surface area (Å²) >= 11 is 0. The Balaban J connectivity index is 2.37. The molecule has 0 aromatic heterocycles. The highest BCUT2D eigenvalue weighted by Crippen LogP contribution is 2.04. The van der Waals surface area contributed by atoms with Gasteiger partial charge in [-0.25, -0.2) is 4.79 Å². The van der Waals surface area contributed by atoms with Crippen molar-refractivity contribution >= 4 is 6.03 Å². The molecule has 1 aliphatic rings. The molecule has 1 fully saturated rings. The number of carbonyl (C=O) groups is 1. The van der Waals surface area contributed by atoms with Crippen molar-refractivity contribution in [3.05, 3.63) is 0 Å². The lowest BCUT2D eigenvalue weighted by molar-refractivity contribution is -0.413. The van der Waals surface area contributed by atoms with E-state index in [0.29, 0.717) is 6.04 Å². The number of hydrogen-bond donors (Lipinski definition) is 2. The van der Waals surface area contributed by atoms with E-state index < -0.39 is 0 Å². The van der Waals surface area contributed by atoms with Gasteiger partial charge in [0.05, 0.1) is 6.54 Å². The minimum atomic E-state index is 0.0196. The van der Waals surface area contributed by atoms with Crippen LogP contribution in [-0.2, 0) is 0 Å². The van der Waals surface area contributed by atoms with E-state index in [4.69, 9.17) is 0 Å². The lowest BCUT2D eigenvalue weighted by Gasteiger charge is -2.12. The summed E-state index contributed by atoms with van der Waals surface area (Å²) in [6.07, 6.45) is 1.04. The number of rotatable bonds is 0. The van der Waals surface area contributed by atoms with Crippen molar-refractivity contribution in [2.75, 3.05) is 20.1 Å². The van der Waals surface area contributed by atoms with Crippen LogP contribution in [-0.4, -0.2) is 37.1 Å². The lowest BCUT2D eigenvalue weighted by atomic mass is 10.3. The average molecular weight is 144 g/mol. The Hall–Kier alpha value is -0.770. The van der Waals surface area contributed by atoms with E-state index in [9.17, 15) is 4.79 Å². The van der Waals surface area contributed by atoms with Gasteiger partial charge in [0.2, 0.25) is 0 Å². The van der Waals surface area contributed by atoms with Crippen molar-refractivity contribution < 1.29 is 10.5 Å². The highest BCUT2D eigenvalue weighted by molar-refractivity contribution is 5.74. The Morgan fingerprint density at radius 1 is 1.80 bits per heavy atom. The van der Waals surface area contributed by atoms with Crippen molar-refractivity contribution in [2.45, 2.75) is 12.5 Å². The van der Waals surface area contributed by atoms with Crippen LogP contribution in [0.3, 0.4) is 0 Å². The first-order valence-corrected chi connectivity index (χ1v) is 3.53. The number of urea groups is 1.